The Morgan fingerprint density at radius 2 is 2.02 bits per heavy atom. The predicted molar refractivity (Wildman–Crippen MR) is 154 cm³/mol. The van der Waals surface area contributed by atoms with Crippen LogP contribution < -0.4 is 17.0 Å². The van der Waals surface area contributed by atoms with Crippen molar-refractivity contribution in [1.29, 1.82) is 0 Å². The molecule has 0 radical (unpaired) electrons. The molecule has 0 unspecified atom stereocenters. The standard InChI is InChI=1S/C29H31N5O6S/c1-17-22-25(35)34(29(2,3)27(30)36)28(37)33(26(22)41-23(17)24-32-11-14-39-24)16-21(40-19-9-12-38-13-10-19)20-8-6-5-7-18(20)15-31-4/h5-8,11,14,19,21H,9-10,12-13,15-16H2,1-3H3,(H2,30,36)/t21-/m1/s1. The molecule has 4 aromatic rings. The van der Waals surface area contributed by atoms with Gasteiger partial charge in [-0.15, -0.1) is 11.3 Å². The van der Waals surface area contributed by atoms with Crippen LogP contribution in [0.25, 0.3) is 25.8 Å². The summed E-state index contributed by atoms with van der Waals surface area (Å²) in [5, 5.41) is 0.274. The number of carbonyl (C=O) groups is 1. The lowest BCUT2D eigenvalue weighted by atomic mass is 10.0. The van der Waals surface area contributed by atoms with Crippen molar-refractivity contribution in [2.24, 2.45) is 5.73 Å². The first-order chi connectivity index (χ1) is 19.6. The fourth-order valence-corrected chi connectivity index (χ4v) is 6.39. The molecule has 3 aromatic heterocycles. The molecule has 214 valence electrons. The molecule has 1 aliphatic heterocycles. The lowest BCUT2D eigenvalue weighted by Gasteiger charge is -2.30. The average Bonchev–Trinajstić information content (AvgIpc) is 3.59. The number of hydrogen-bond donors (Lipinski definition) is 1. The van der Waals surface area contributed by atoms with Crippen molar-refractivity contribution in [3.05, 3.63) is 85.7 Å². The summed E-state index contributed by atoms with van der Waals surface area (Å²) < 4.78 is 20.1. The van der Waals surface area contributed by atoms with Crippen molar-refractivity contribution in [3.8, 4) is 10.8 Å². The van der Waals surface area contributed by atoms with Gasteiger partial charge in [0.2, 0.25) is 18.3 Å². The molecule has 1 fully saturated rings. The van der Waals surface area contributed by atoms with Gasteiger partial charge < -0.3 is 24.5 Å². The number of thiophene rings is 1. The molecule has 4 heterocycles. The van der Waals surface area contributed by atoms with E-state index < -0.39 is 28.8 Å². The van der Waals surface area contributed by atoms with Crippen LogP contribution in [-0.2, 0) is 32.9 Å². The zero-order chi connectivity index (χ0) is 29.3. The van der Waals surface area contributed by atoms with E-state index in [1.807, 2.05) is 24.3 Å². The summed E-state index contributed by atoms with van der Waals surface area (Å²) >= 11 is 1.22. The molecule has 5 rings (SSSR count). The molecule has 1 aromatic carbocycles. The lowest BCUT2D eigenvalue weighted by molar-refractivity contribution is -0.125. The van der Waals surface area contributed by atoms with E-state index in [-0.39, 0.29) is 24.6 Å². The van der Waals surface area contributed by atoms with Crippen molar-refractivity contribution >= 4 is 27.5 Å². The van der Waals surface area contributed by atoms with Gasteiger partial charge in [0, 0.05) is 18.8 Å². The Bertz CT molecular complexity index is 1740. The minimum atomic E-state index is -1.61. The number of oxazole rings is 1. The number of rotatable bonds is 9. The van der Waals surface area contributed by atoms with Crippen LogP contribution in [0.2, 0.25) is 0 Å². The summed E-state index contributed by atoms with van der Waals surface area (Å²) in [5.41, 5.74) is 4.92. The number of amides is 1. The van der Waals surface area contributed by atoms with Crippen LogP contribution in [0.3, 0.4) is 0 Å². The first-order valence-electron chi connectivity index (χ1n) is 13.3. The molecule has 41 heavy (non-hydrogen) atoms. The van der Waals surface area contributed by atoms with E-state index in [0.717, 1.165) is 15.7 Å². The highest BCUT2D eigenvalue weighted by Gasteiger charge is 2.35. The molecule has 11 nitrogen and oxygen atoms in total. The van der Waals surface area contributed by atoms with Gasteiger partial charge in [-0.25, -0.2) is 20.9 Å². The van der Waals surface area contributed by atoms with Gasteiger partial charge in [-0.3, -0.25) is 14.2 Å². The summed E-state index contributed by atoms with van der Waals surface area (Å²) in [6, 6.07) is 7.50. The first-order valence-corrected chi connectivity index (χ1v) is 14.1. The number of primary amides is 1. The smallest absolute Gasteiger partial charge is 0.333 e. The number of hydrogen-bond acceptors (Lipinski definition) is 8. The quantitative estimate of drug-likeness (QED) is 0.299. The number of nitrogens with zero attached hydrogens (tertiary/aromatic N) is 4. The second-order valence-corrected chi connectivity index (χ2v) is 11.5. The first kappa shape index (κ1) is 28.5. The SMILES string of the molecule is [C-]#[N+]Cc1ccccc1[C@@H](Cn1c(=O)n(C(C)(C)C(N)=O)c(=O)c2c(C)c(-c3ncco3)sc21)OC1CCOCC1. The molecule has 12 heteroatoms. The highest BCUT2D eigenvalue weighted by Crippen LogP contribution is 2.37. The van der Waals surface area contributed by atoms with Crippen LogP contribution in [0.1, 0.15) is 49.5 Å². The van der Waals surface area contributed by atoms with Crippen molar-refractivity contribution in [2.75, 3.05) is 13.2 Å². The van der Waals surface area contributed by atoms with Gasteiger partial charge in [-0.05, 0) is 44.7 Å². The van der Waals surface area contributed by atoms with Crippen molar-refractivity contribution in [1.82, 2.24) is 14.1 Å². The fraction of sp³-hybridized carbons (Fsp3) is 0.414. The normalized spacial score (nSPS) is 15.2. The Balaban J connectivity index is 1.76. The molecule has 2 N–H and O–H groups in total. The van der Waals surface area contributed by atoms with E-state index >= 15 is 0 Å². The average molecular weight is 578 g/mol. The maximum Gasteiger partial charge on any atom is 0.333 e. The zero-order valence-electron chi connectivity index (χ0n) is 23.1. The van der Waals surface area contributed by atoms with Crippen LogP contribution >= 0.6 is 11.3 Å². The molecular formula is C29H31N5O6S. The lowest BCUT2D eigenvalue weighted by Crippen LogP contribution is -2.54. The highest BCUT2D eigenvalue weighted by molar-refractivity contribution is 7.22. The monoisotopic (exact) mass is 577 g/mol. The Morgan fingerprint density at radius 3 is 2.68 bits per heavy atom. The van der Waals surface area contributed by atoms with Crippen LogP contribution in [0.5, 0.6) is 0 Å². The number of benzene rings is 1. The maximum atomic E-state index is 14.2. The molecule has 0 saturated carbocycles. The van der Waals surface area contributed by atoms with Gasteiger partial charge in [0.25, 0.3) is 5.56 Å². The van der Waals surface area contributed by atoms with E-state index in [4.69, 9.17) is 26.2 Å². The number of nitrogens with two attached hydrogens (primary N) is 1. The molecule has 1 aliphatic rings. The number of aromatic nitrogens is 3. The number of ether oxygens (including phenoxy) is 2. The Hall–Kier alpha value is -4.05. The molecule has 1 saturated heterocycles. The van der Waals surface area contributed by atoms with Gasteiger partial charge in [0.1, 0.15) is 22.7 Å². The predicted octanol–water partition coefficient (Wildman–Crippen LogP) is 3.76. The van der Waals surface area contributed by atoms with Crippen molar-refractivity contribution < 1.29 is 18.7 Å². The van der Waals surface area contributed by atoms with E-state index in [0.29, 0.717) is 47.2 Å². The van der Waals surface area contributed by atoms with E-state index in [9.17, 15) is 14.4 Å². The third-order valence-electron chi connectivity index (χ3n) is 7.53. The number of carbonyl (C=O) groups excluding carboxylic acids is 1. The Kier molecular flexibility index (Phi) is 7.95. The third kappa shape index (κ3) is 5.24. The molecular weight excluding hydrogens is 546 g/mol. The van der Waals surface area contributed by atoms with E-state index in [1.54, 1.807) is 6.92 Å². The topological polar surface area (TPSA) is 136 Å². The van der Waals surface area contributed by atoms with Gasteiger partial charge in [0.05, 0.1) is 29.1 Å². The molecule has 0 spiro atoms. The van der Waals surface area contributed by atoms with Crippen LogP contribution in [0, 0.1) is 13.5 Å². The Morgan fingerprint density at radius 1 is 1.29 bits per heavy atom. The Labute approximate surface area is 239 Å². The van der Waals surface area contributed by atoms with Crippen molar-refractivity contribution in [3.63, 3.8) is 0 Å². The van der Waals surface area contributed by atoms with Gasteiger partial charge in [-0.1, -0.05) is 24.3 Å². The van der Waals surface area contributed by atoms with Crippen molar-refractivity contribution in [2.45, 2.75) is 64.4 Å². The van der Waals surface area contributed by atoms with E-state index in [2.05, 4.69) is 9.83 Å². The van der Waals surface area contributed by atoms with Crippen LogP contribution in [0.4, 0.5) is 0 Å². The second kappa shape index (κ2) is 11.4. The van der Waals surface area contributed by atoms with Gasteiger partial charge in [0.15, 0.2) is 0 Å². The van der Waals surface area contributed by atoms with Gasteiger partial charge >= 0.3 is 5.69 Å². The minimum absolute atomic E-state index is 0.0296. The summed E-state index contributed by atoms with van der Waals surface area (Å²) in [5.74, 6) is -0.499. The minimum Gasteiger partial charge on any atom is -0.444 e. The maximum absolute atomic E-state index is 14.2. The number of aryl methyl sites for hydroxylation is 1. The van der Waals surface area contributed by atoms with Crippen LogP contribution in [0.15, 0.2) is 50.7 Å². The molecule has 0 aliphatic carbocycles. The summed E-state index contributed by atoms with van der Waals surface area (Å²) in [4.78, 5) is 49.4. The largest absolute Gasteiger partial charge is 0.444 e. The van der Waals surface area contributed by atoms with Gasteiger partial charge in [-0.2, -0.15) is 0 Å². The number of fused-ring (bicyclic) bond motifs is 1. The highest BCUT2D eigenvalue weighted by atomic mass is 32.1. The summed E-state index contributed by atoms with van der Waals surface area (Å²) in [6.07, 6.45) is 3.56. The zero-order valence-corrected chi connectivity index (χ0v) is 23.9. The molecule has 1 atom stereocenters. The molecule has 0 bridgehead atoms. The molecule has 1 amide bonds. The van der Waals surface area contributed by atoms with E-state index in [1.165, 1.54) is 42.2 Å². The summed E-state index contributed by atoms with van der Waals surface area (Å²) in [7, 11) is 0. The van der Waals surface area contributed by atoms with Crippen LogP contribution in [-0.4, -0.2) is 39.3 Å². The second-order valence-electron chi connectivity index (χ2n) is 10.5. The third-order valence-corrected chi connectivity index (χ3v) is 8.83. The fourth-order valence-electron chi connectivity index (χ4n) is 5.15. The summed E-state index contributed by atoms with van der Waals surface area (Å²) in [6.45, 7) is 13.4.